The van der Waals surface area contributed by atoms with Crippen LogP contribution in [-0.4, -0.2) is 22.6 Å². The summed E-state index contributed by atoms with van der Waals surface area (Å²) in [4.78, 5) is 10.1. The van der Waals surface area contributed by atoms with Gasteiger partial charge in [-0.3, -0.25) is 4.79 Å². The lowest BCUT2D eigenvalue weighted by Crippen LogP contribution is -1.99. The highest BCUT2D eigenvalue weighted by molar-refractivity contribution is 7.99. The van der Waals surface area contributed by atoms with Crippen molar-refractivity contribution in [2.45, 2.75) is 11.7 Å². The molecule has 0 heterocycles. The molecule has 0 aromatic carbocycles. The van der Waals surface area contributed by atoms with E-state index in [0.29, 0.717) is 5.25 Å². The predicted molar refractivity (Wildman–Crippen MR) is 33.0 cm³/mol. The van der Waals surface area contributed by atoms with Gasteiger partial charge in [-0.25, -0.2) is 0 Å². The van der Waals surface area contributed by atoms with Gasteiger partial charge in [0.1, 0.15) is 0 Å². The Hall–Kier alpha value is -0.180. The van der Waals surface area contributed by atoms with Gasteiger partial charge in [-0.1, -0.05) is 0 Å². The molecule has 8 heavy (non-hydrogen) atoms. The summed E-state index contributed by atoms with van der Waals surface area (Å²) in [6.07, 6.45) is 2.82. The Kier molecular flexibility index (Phi) is 1.47. The van der Waals surface area contributed by atoms with E-state index >= 15 is 0 Å². The lowest BCUT2D eigenvalue weighted by molar-refractivity contribution is -0.138. The molecule has 46 valence electrons. The number of thioether (sulfide) groups is 1. The fraction of sp³-hybridized carbons (Fsp3) is 0.800. The SMILES string of the molecule is CSC1C[C@H]1C(=O)O. The zero-order chi connectivity index (χ0) is 6.15. The fourth-order valence-electron chi connectivity index (χ4n) is 0.692. The molecule has 1 aliphatic carbocycles. The summed E-state index contributed by atoms with van der Waals surface area (Å²) in [6, 6.07) is 0. The van der Waals surface area contributed by atoms with E-state index in [1.807, 2.05) is 6.26 Å². The molecule has 2 atom stereocenters. The Labute approximate surface area is 52.3 Å². The van der Waals surface area contributed by atoms with Crippen LogP contribution in [0.25, 0.3) is 0 Å². The third kappa shape index (κ3) is 0.968. The van der Waals surface area contributed by atoms with Crippen molar-refractivity contribution in [3.8, 4) is 0 Å². The Morgan fingerprint density at radius 1 is 1.88 bits per heavy atom. The van der Waals surface area contributed by atoms with Crippen molar-refractivity contribution in [1.29, 1.82) is 0 Å². The van der Waals surface area contributed by atoms with E-state index in [9.17, 15) is 4.79 Å². The van der Waals surface area contributed by atoms with Crippen LogP contribution in [0.15, 0.2) is 0 Å². The number of rotatable bonds is 2. The summed E-state index contributed by atoms with van der Waals surface area (Å²) < 4.78 is 0. The molecule has 0 spiro atoms. The number of carboxylic acids is 1. The second-order valence-electron chi connectivity index (χ2n) is 1.95. The summed E-state index contributed by atoms with van der Waals surface area (Å²) in [6.45, 7) is 0. The quantitative estimate of drug-likeness (QED) is 0.604. The molecular weight excluding hydrogens is 124 g/mol. The van der Waals surface area contributed by atoms with Crippen LogP contribution in [0, 0.1) is 5.92 Å². The van der Waals surface area contributed by atoms with Gasteiger partial charge in [0, 0.05) is 5.25 Å². The first-order valence-corrected chi connectivity index (χ1v) is 3.80. The zero-order valence-corrected chi connectivity index (χ0v) is 5.44. The maximum atomic E-state index is 10.1. The van der Waals surface area contributed by atoms with Gasteiger partial charge in [0.15, 0.2) is 0 Å². The molecule has 2 nitrogen and oxygen atoms in total. The standard InChI is InChI=1S/C5H8O2S/c1-8-4-2-3(4)5(6)7/h3-4H,2H2,1H3,(H,6,7)/t3-,4?/m1/s1. The summed E-state index contributed by atoms with van der Waals surface area (Å²) in [5, 5.41) is 8.75. The lowest BCUT2D eigenvalue weighted by atomic mass is 10.4. The molecule has 1 N–H and O–H groups in total. The summed E-state index contributed by atoms with van der Waals surface area (Å²) in [7, 11) is 0. The van der Waals surface area contributed by atoms with Gasteiger partial charge in [-0.2, -0.15) is 11.8 Å². The van der Waals surface area contributed by atoms with E-state index in [0.717, 1.165) is 6.42 Å². The van der Waals surface area contributed by atoms with Crippen molar-refractivity contribution in [1.82, 2.24) is 0 Å². The topological polar surface area (TPSA) is 37.3 Å². The van der Waals surface area contributed by atoms with Crippen molar-refractivity contribution in [2.75, 3.05) is 6.26 Å². The van der Waals surface area contributed by atoms with Crippen LogP contribution >= 0.6 is 11.8 Å². The highest BCUT2D eigenvalue weighted by Crippen LogP contribution is 2.40. The first-order valence-electron chi connectivity index (χ1n) is 2.51. The smallest absolute Gasteiger partial charge is 0.307 e. The highest BCUT2D eigenvalue weighted by Gasteiger charge is 2.42. The van der Waals surface area contributed by atoms with E-state index in [-0.39, 0.29) is 5.92 Å². The molecule has 0 aromatic heterocycles. The Morgan fingerprint density at radius 2 is 2.50 bits per heavy atom. The number of hydrogen-bond donors (Lipinski definition) is 1. The maximum absolute atomic E-state index is 10.1. The minimum Gasteiger partial charge on any atom is -0.481 e. The Balaban J connectivity index is 2.26. The molecule has 0 saturated heterocycles. The van der Waals surface area contributed by atoms with Crippen LogP contribution in [0.2, 0.25) is 0 Å². The van der Waals surface area contributed by atoms with Crippen molar-refractivity contribution in [3.63, 3.8) is 0 Å². The number of hydrogen-bond acceptors (Lipinski definition) is 2. The van der Waals surface area contributed by atoms with Gasteiger partial charge >= 0.3 is 5.97 Å². The second kappa shape index (κ2) is 1.97. The normalized spacial score (nSPS) is 34.6. The predicted octanol–water partition coefficient (Wildman–Crippen LogP) is 0.823. The molecule has 3 heteroatoms. The molecule has 1 unspecified atom stereocenters. The number of carbonyl (C=O) groups is 1. The van der Waals surface area contributed by atoms with Crippen LogP contribution < -0.4 is 0 Å². The van der Waals surface area contributed by atoms with Gasteiger partial charge in [0.2, 0.25) is 0 Å². The Morgan fingerprint density at radius 3 is 2.62 bits per heavy atom. The highest BCUT2D eigenvalue weighted by atomic mass is 32.2. The lowest BCUT2D eigenvalue weighted by Gasteiger charge is -1.85. The summed E-state index contributed by atoms with van der Waals surface area (Å²) in [5.41, 5.74) is 0. The van der Waals surface area contributed by atoms with Gasteiger partial charge in [-0.05, 0) is 12.7 Å². The first kappa shape index (κ1) is 5.95. The monoisotopic (exact) mass is 132 g/mol. The number of carboxylic acid groups (broad SMARTS) is 1. The molecule has 1 fully saturated rings. The summed E-state index contributed by atoms with van der Waals surface area (Å²) >= 11 is 1.65. The van der Waals surface area contributed by atoms with E-state index in [1.165, 1.54) is 0 Å². The molecule has 1 rings (SSSR count). The van der Waals surface area contributed by atoms with Crippen molar-refractivity contribution in [2.24, 2.45) is 5.92 Å². The fourth-order valence-corrected chi connectivity index (χ4v) is 1.54. The van der Waals surface area contributed by atoms with Gasteiger partial charge in [0.25, 0.3) is 0 Å². The van der Waals surface area contributed by atoms with E-state index in [4.69, 9.17) is 5.11 Å². The van der Waals surface area contributed by atoms with Crippen LogP contribution in [0.1, 0.15) is 6.42 Å². The molecule has 1 saturated carbocycles. The largest absolute Gasteiger partial charge is 0.481 e. The van der Waals surface area contributed by atoms with Crippen LogP contribution in [0.5, 0.6) is 0 Å². The van der Waals surface area contributed by atoms with Gasteiger partial charge < -0.3 is 5.11 Å². The van der Waals surface area contributed by atoms with Gasteiger partial charge in [-0.15, -0.1) is 0 Å². The van der Waals surface area contributed by atoms with Crippen LogP contribution in [0.3, 0.4) is 0 Å². The second-order valence-corrected chi connectivity index (χ2v) is 3.03. The first-order chi connectivity index (χ1) is 3.75. The van der Waals surface area contributed by atoms with Gasteiger partial charge in [0.05, 0.1) is 5.92 Å². The van der Waals surface area contributed by atoms with E-state index in [2.05, 4.69) is 0 Å². The summed E-state index contributed by atoms with van der Waals surface area (Å²) in [5.74, 6) is -0.672. The Bertz CT molecular complexity index is 113. The number of aliphatic carboxylic acids is 1. The third-order valence-electron chi connectivity index (χ3n) is 1.35. The van der Waals surface area contributed by atoms with Crippen LogP contribution in [0.4, 0.5) is 0 Å². The zero-order valence-electron chi connectivity index (χ0n) is 4.63. The third-order valence-corrected chi connectivity index (χ3v) is 2.48. The maximum Gasteiger partial charge on any atom is 0.307 e. The van der Waals surface area contributed by atoms with E-state index in [1.54, 1.807) is 11.8 Å². The molecule has 0 radical (unpaired) electrons. The molecule has 0 aliphatic heterocycles. The minimum atomic E-state index is -0.635. The average molecular weight is 132 g/mol. The average Bonchev–Trinajstić information content (AvgIpc) is 2.42. The van der Waals surface area contributed by atoms with Crippen molar-refractivity contribution >= 4 is 17.7 Å². The van der Waals surface area contributed by atoms with E-state index < -0.39 is 5.97 Å². The molecular formula is C5H8O2S. The minimum absolute atomic E-state index is 0.0370. The molecule has 0 bridgehead atoms. The van der Waals surface area contributed by atoms with Crippen molar-refractivity contribution in [3.05, 3.63) is 0 Å². The van der Waals surface area contributed by atoms with Crippen molar-refractivity contribution < 1.29 is 9.90 Å². The molecule has 0 amide bonds. The molecule has 0 aromatic rings. The molecule has 1 aliphatic rings. The van der Waals surface area contributed by atoms with Crippen LogP contribution in [-0.2, 0) is 4.79 Å².